The summed E-state index contributed by atoms with van der Waals surface area (Å²) in [6, 6.07) is 0.761. The van der Waals surface area contributed by atoms with Crippen LogP contribution in [0.3, 0.4) is 0 Å². The monoisotopic (exact) mass is 271 g/mol. The summed E-state index contributed by atoms with van der Waals surface area (Å²) in [5.74, 6) is 0.798. The molecule has 1 nitrogen and oxygen atoms in total. The van der Waals surface area contributed by atoms with E-state index in [2.05, 4.69) is 44.8 Å². The van der Waals surface area contributed by atoms with Crippen molar-refractivity contribution >= 4 is 11.8 Å². The second kappa shape index (κ2) is 9.25. The van der Waals surface area contributed by atoms with Crippen LogP contribution in [0.2, 0.25) is 0 Å². The van der Waals surface area contributed by atoms with Crippen LogP contribution in [-0.2, 0) is 0 Å². The van der Waals surface area contributed by atoms with Crippen LogP contribution >= 0.6 is 11.8 Å². The molecule has 18 heavy (non-hydrogen) atoms. The lowest BCUT2D eigenvalue weighted by Crippen LogP contribution is -2.40. The quantitative estimate of drug-likeness (QED) is 0.741. The molecule has 1 saturated carbocycles. The Morgan fingerprint density at radius 2 is 1.72 bits per heavy atom. The highest BCUT2D eigenvalue weighted by molar-refractivity contribution is 8.00. The summed E-state index contributed by atoms with van der Waals surface area (Å²) < 4.78 is 0. The third kappa shape index (κ3) is 5.97. The molecule has 0 aromatic carbocycles. The second-order valence-electron chi connectivity index (χ2n) is 6.18. The Morgan fingerprint density at radius 1 is 1.06 bits per heavy atom. The average molecular weight is 272 g/mol. The van der Waals surface area contributed by atoms with E-state index < -0.39 is 0 Å². The van der Waals surface area contributed by atoms with Crippen LogP contribution in [0.15, 0.2) is 0 Å². The third-order valence-electron chi connectivity index (χ3n) is 4.19. The van der Waals surface area contributed by atoms with Gasteiger partial charge in [-0.1, -0.05) is 53.4 Å². The molecule has 1 aliphatic carbocycles. The van der Waals surface area contributed by atoms with Gasteiger partial charge in [0.25, 0.3) is 0 Å². The molecular weight excluding hydrogens is 238 g/mol. The Labute approximate surface area is 119 Å². The number of rotatable bonds is 6. The van der Waals surface area contributed by atoms with Crippen molar-refractivity contribution in [2.45, 2.75) is 89.2 Å². The predicted molar refractivity (Wildman–Crippen MR) is 85.5 cm³/mol. The number of thioether (sulfide) groups is 1. The molecule has 0 amide bonds. The van der Waals surface area contributed by atoms with E-state index in [1.165, 1.54) is 51.5 Å². The molecule has 0 aliphatic heterocycles. The third-order valence-corrected chi connectivity index (χ3v) is 6.07. The van der Waals surface area contributed by atoms with Gasteiger partial charge >= 0.3 is 0 Å². The standard InChI is InChI=1S/C16H33NS/c1-5-12-17-15-10-8-6-7-9-11-16(15)18-14(4)13(2)3/h13-17H,5-12H2,1-4H3. The molecule has 0 heterocycles. The van der Waals surface area contributed by atoms with Crippen LogP contribution in [0.25, 0.3) is 0 Å². The number of hydrogen-bond acceptors (Lipinski definition) is 2. The Balaban J connectivity index is 2.53. The van der Waals surface area contributed by atoms with Gasteiger partial charge in [0.05, 0.1) is 0 Å². The van der Waals surface area contributed by atoms with Crippen molar-refractivity contribution in [2.75, 3.05) is 6.54 Å². The maximum atomic E-state index is 3.81. The van der Waals surface area contributed by atoms with E-state index in [0.29, 0.717) is 0 Å². The van der Waals surface area contributed by atoms with Gasteiger partial charge in [0.15, 0.2) is 0 Å². The van der Waals surface area contributed by atoms with Gasteiger partial charge in [-0.05, 0) is 31.7 Å². The first kappa shape index (κ1) is 16.4. The zero-order valence-electron chi connectivity index (χ0n) is 12.9. The first-order valence-electron chi connectivity index (χ1n) is 8.04. The van der Waals surface area contributed by atoms with Gasteiger partial charge in [-0.3, -0.25) is 0 Å². The van der Waals surface area contributed by atoms with Gasteiger partial charge in [0, 0.05) is 16.5 Å². The van der Waals surface area contributed by atoms with E-state index in [1.807, 2.05) is 0 Å². The maximum Gasteiger partial charge on any atom is 0.0203 e. The minimum atomic E-state index is 0.761. The first-order valence-corrected chi connectivity index (χ1v) is 8.98. The molecule has 0 aromatic heterocycles. The Morgan fingerprint density at radius 3 is 2.33 bits per heavy atom. The molecule has 2 heteroatoms. The lowest BCUT2D eigenvalue weighted by molar-refractivity contribution is 0.398. The molecule has 0 radical (unpaired) electrons. The van der Waals surface area contributed by atoms with Crippen LogP contribution in [0.5, 0.6) is 0 Å². The van der Waals surface area contributed by atoms with Crippen LogP contribution in [-0.4, -0.2) is 23.1 Å². The molecule has 1 aliphatic rings. The summed E-state index contributed by atoms with van der Waals surface area (Å²) in [5, 5.41) is 5.45. The van der Waals surface area contributed by atoms with Gasteiger partial charge in [0.1, 0.15) is 0 Å². The summed E-state index contributed by atoms with van der Waals surface area (Å²) >= 11 is 2.25. The van der Waals surface area contributed by atoms with Crippen molar-refractivity contribution in [1.82, 2.24) is 5.32 Å². The van der Waals surface area contributed by atoms with Crippen molar-refractivity contribution < 1.29 is 0 Å². The second-order valence-corrected chi connectivity index (χ2v) is 7.80. The van der Waals surface area contributed by atoms with Crippen LogP contribution in [0.4, 0.5) is 0 Å². The van der Waals surface area contributed by atoms with E-state index in [9.17, 15) is 0 Å². The highest BCUT2D eigenvalue weighted by Gasteiger charge is 2.25. The van der Waals surface area contributed by atoms with Crippen molar-refractivity contribution in [3.63, 3.8) is 0 Å². The molecule has 1 N–H and O–H groups in total. The summed E-state index contributed by atoms with van der Waals surface area (Å²) in [7, 11) is 0. The zero-order valence-corrected chi connectivity index (χ0v) is 13.7. The zero-order chi connectivity index (χ0) is 13.4. The minimum Gasteiger partial charge on any atom is -0.313 e. The molecular formula is C16H33NS. The molecule has 0 bridgehead atoms. The number of hydrogen-bond donors (Lipinski definition) is 1. The predicted octanol–water partition coefficient (Wildman–Crippen LogP) is 4.86. The molecule has 3 atom stereocenters. The molecule has 1 fully saturated rings. The maximum absolute atomic E-state index is 3.81. The SMILES string of the molecule is CCCNC1CCCCCCC1SC(C)C(C)C. The summed E-state index contributed by atoms with van der Waals surface area (Å²) in [6.45, 7) is 10.6. The topological polar surface area (TPSA) is 12.0 Å². The molecule has 108 valence electrons. The fourth-order valence-corrected chi connectivity index (χ4v) is 4.20. The summed E-state index contributed by atoms with van der Waals surface area (Å²) in [6.07, 6.45) is 9.83. The van der Waals surface area contributed by atoms with Gasteiger partial charge in [-0.2, -0.15) is 11.8 Å². The molecule has 0 aromatic rings. The van der Waals surface area contributed by atoms with Crippen LogP contribution < -0.4 is 5.32 Å². The molecule has 0 saturated heterocycles. The summed E-state index contributed by atoms with van der Waals surface area (Å²) in [5.41, 5.74) is 0. The summed E-state index contributed by atoms with van der Waals surface area (Å²) in [4.78, 5) is 0. The average Bonchev–Trinajstić information content (AvgIpc) is 2.31. The largest absolute Gasteiger partial charge is 0.313 e. The van der Waals surface area contributed by atoms with E-state index in [0.717, 1.165) is 22.5 Å². The number of nitrogens with one attached hydrogen (secondary N) is 1. The Hall–Kier alpha value is 0.310. The lowest BCUT2D eigenvalue weighted by atomic mass is 9.96. The van der Waals surface area contributed by atoms with Crippen molar-refractivity contribution in [3.8, 4) is 0 Å². The van der Waals surface area contributed by atoms with Crippen molar-refractivity contribution in [1.29, 1.82) is 0 Å². The Kier molecular flexibility index (Phi) is 8.41. The normalized spacial score (nSPS) is 27.8. The Bertz CT molecular complexity index is 203. The fourth-order valence-electron chi connectivity index (χ4n) is 2.61. The molecule has 1 rings (SSSR count). The molecule has 3 unspecified atom stereocenters. The van der Waals surface area contributed by atoms with Crippen molar-refractivity contribution in [3.05, 3.63) is 0 Å². The highest BCUT2D eigenvalue weighted by Crippen LogP contribution is 2.32. The van der Waals surface area contributed by atoms with Crippen LogP contribution in [0, 0.1) is 5.92 Å². The minimum absolute atomic E-state index is 0.761. The van der Waals surface area contributed by atoms with Crippen molar-refractivity contribution in [2.24, 2.45) is 5.92 Å². The highest BCUT2D eigenvalue weighted by atomic mass is 32.2. The van der Waals surface area contributed by atoms with Crippen LogP contribution in [0.1, 0.15) is 72.6 Å². The van der Waals surface area contributed by atoms with Gasteiger partial charge < -0.3 is 5.32 Å². The van der Waals surface area contributed by atoms with E-state index in [4.69, 9.17) is 0 Å². The first-order chi connectivity index (χ1) is 8.65. The van der Waals surface area contributed by atoms with Gasteiger partial charge in [0.2, 0.25) is 0 Å². The van der Waals surface area contributed by atoms with E-state index in [1.54, 1.807) is 0 Å². The van der Waals surface area contributed by atoms with E-state index >= 15 is 0 Å². The van der Waals surface area contributed by atoms with Gasteiger partial charge in [-0.15, -0.1) is 0 Å². The smallest absolute Gasteiger partial charge is 0.0203 e. The fraction of sp³-hybridized carbons (Fsp3) is 1.00. The lowest BCUT2D eigenvalue weighted by Gasteiger charge is -2.32. The molecule has 0 spiro atoms. The van der Waals surface area contributed by atoms with Gasteiger partial charge in [-0.25, -0.2) is 0 Å². The van der Waals surface area contributed by atoms with E-state index in [-0.39, 0.29) is 0 Å².